The second kappa shape index (κ2) is 10.2. The number of methoxy groups -OCH3 is 1. The fourth-order valence-electron chi connectivity index (χ4n) is 8.83. The third-order valence-corrected chi connectivity index (χ3v) is 11.2. The van der Waals surface area contributed by atoms with Crippen molar-refractivity contribution in [2.24, 2.45) is 40.7 Å². The van der Waals surface area contributed by atoms with Crippen LogP contribution in [0.1, 0.15) is 97.0 Å². The number of allylic oxidation sites excluding steroid dienone is 1. The molecule has 4 nitrogen and oxygen atoms in total. The number of carbonyl (C=O) groups is 1. The molecule has 6 atom stereocenters. The Morgan fingerprint density at radius 1 is 1.03 bits per heavy atom. The molecule has 5 unspecified atom stereocenters. The highest BCUT2D eigenvalue weighted by atomic mass is 16.5. The summed E-state index contributed by atoms with van der Waals surface area (Å²) in [5.41, 5.74) is 9.35. The Kier molecular flexibility index (Phi) is 7.29. The molecule has 3 fully saturated rings. The summed E-state index contributed by atoms with van der Waals surface area (Å²) in [6.07, 6.45) is 14.6. The highest BCUT2D eigenvalue weighted by Crippen LogP contribution is 2.64. The Balaban J connectivity index is 1.22. The van der Waals surface area contributed by atoms with Crippen molar-refractivity contribution in [3.05, 3.63) is 35.4 Å². The predicted molar refractivity (Wildman–Crippen MR) is 145 cm³/mol. The van der Waals surface area contributed by atoms with Gasteiger partial charge in [0.15, 0.2) is 17.3 Å². The summed E-state index contributed by atoms with van der Waals surface area (Å²) < 4.78 is 12.0. The lowest BCUT2D eigenvalue weighted by atomic mass is 9.51. The fraction of sp³-hybridized carbons (Fsp3) is 0.719. The third-order valence-electron chi connectivity index (χ3n) is 11.2. The van der Waals surface area contributed by atoms with Crippen LogP contribution in [0, 0.1) is 35.0 Å². The first kappa shape index (κ1) is 25.8. The van der Waals surface area contributed by atoms with Crippen LogP contribution in [-0.2, 0) is 10.3 Å². The van der Waals surface area contributed by atoms with E-state index < -0.39 is 0 Å². The van der Waals surface area contributed by atoms with Crippen molar-refractivity contribution in [2.75, 3.05) is 13.7 Å². The highest BCUT2D eigenvalue weighted by molar-refractivity contribution is 5.91. The van der Waals surface area contributed by atoms with Gasteiger partial charge < -0.3 is 15.2 Å². The number of fused-ring (bicyclic) bond motifs is 5. The van der Waals surface area contributed by atoms with Gasteiger partial charge in [-0.05, 0) is 123 Å². The fourth-order valence-corrected chi connectivity index (χ4v) is 8.83. The van der Waals surface area contributed by atoms with Crippen molar-refractivity contribution in [3.63, 3.8) is 0 Å². The van der Waals surface area contributed by atoms with Gasteiger partial charge in [0, 0.05) is 12.0 Å². The summed E-state index contributed by atoms with van der Waals surface area (Å²) in [6.45, 7) is 7.61. The molecule has 36 heavy (non-hydrogen) atoms. The third kappa shape index (κ3) is 4.42. The van der Waals surface area contributed by atoms with E-state index in [0.29, 0.717) is 17.1 Å². The number of rotatable bonds is 8. The summed E-state index contributed by atoms with van der Waals surface area (Å²) >= 11 is 0. The Morgan fingerprint density at radius 3 is 2.58 bits per heavy atom. The summed E-state index contributed by atoms with van der Waals surface area (Å²) in [4.78, 5) is 12.0. The molecule has 0 bridgehead atoms. The van der Waals surface area contributed by atoms with Crippen LogP contribution < -0.4 is 15.2 Å². The quantitative estimate of drug-likeness (QED) is 0.416. The number of benzene rings is 1. The van der Waals surface area contributed by atoms with Crippen molar-refractivity contribution in [1.82, 2.24) is 0 Å². The Hall–Kier alpha value is -1.81. The number of hydrogen-bond donors (Lipinski definition) is 1. The molecular weight excluding hydrogens is 446 g/mol. The SMILES string of the molecule is CCC(N)(CC)c1ccc(OCC[C@H]2CCC3C4CCC5=CC(=O)CCC5C4CCC32C)c(OC)c1. The normalized spacial score (nSPS) is 33.9. The predicted octanol–water partition coefficient (Wildman–Crippen LogP) is 7.20. The topological polar surface area (TPSA) is 61.5 Å². The average Bonchev–Trinajstić information content (AvgIpc) is 3.24. The number of nitrogens with two attached hydrogens (primary N) is 1. The van der Waals surface area contributed by atoms with Crippen LogP contribution >= 0.6 is 0 Å². The largest absolute Gasteiger partial charge is 0.493 e. The maximum atomic E-state index is 12.0. The lowest BCUT2D eigenvalue weighted by Crippen LogP contribution is -2.46. The number of hydrogen-bond acceptors (Lipinski definition) is 4. The van der Waals surface area contributed by atoms with Gasteiger partial charge in [0.1, 0.15) is 0 Å². The van der Waals surface area contributed by atoms with Gasteiger partial charge in [0.25, 0.3) is 0 Å². The summed E-state index contributed by atoms with van der Waals surface area (Å²) in [6, 6.07) is 6.23. The van der Waals surface area contributed by atoms with Crippen molar-refractivity contribution >= 4 is 5.78 Å². The van der Waals surface area contributed by atoms with E-state index in [4.69, 9.17) is 15.2 Å². The second-order valence-electron chi connectivity index (χ2n) is 12.5. The average molecular weight is 494 g/mol. The first-order chi connectivity index (χ1) is 17.3. The van der Waals surface area contributed by atoms with E-state index in [0.717, 1.165) is 85.9 Å². The van der Waals surface area contributed by atoms with E-state index in [9.17, 15) is 4.79 Å². The zero-order valence-corrected chi connectivity index (χ0v) is 23.0. The minimum atomic E-state index is -0.319. The molecule has 0 heterocycles. The molecule has 0 aliphatic heterocycles. The van der Waals surface area contributed by atoms with Crippen LogP contribution in [0.25, 0.3) is 0 Å². The molecule has 0 radical (unpaired) electrons. The van der Waals surface area contributed by atoms with Gasteiger partial charge in [-0.2, -0.15) is 0 Å². The van der Waals surface area contributed by atoms with Gasteiger partial charge >= 0.3 is 0 Å². The van der Waals surface area contributed by atoms with Crippen LogP contribution in [0.15, 0.2) is 29.8 Å². The molecule has 3 saturated carbocycles. The van der Waals surface area contributed by atoms with Crippen molar-refractivity contribution in [3.8, 4) is 11.5 Å². The van der Waals surface area contributed by atoms with Crippen molar-refractivity contribution < 1.29 is 14.3 Å². The second-order valence-corrected chi connectivity index (χ2v) is 12.5. The molecule has 4 aliphatic rings. The summed E-state index contributed by atoms with van der Waals surface area (Å²) in [5.74, 6) is 5.92. The molecule has 2 N–H and O–H groups in total. The van der Waals surface area contributed by atoms with Gasteiger partial charge in [-0.1, -0.05) is 32.4 Å². The van der Waals surface area contributed by atoms with Gasteiger partial charge in [-0.3, -0.25) is 4.79 Å². The molecule has 0 saturated heterocycles. The smallest absolute Gasteiger partial charge is 0.161 e. The van der Waals surface area contributed by atoms with E-state index >= 15 is 0 Å². The zero-order chi connectivity index (χ0) is 25.5. The Morgan fingerprint density at radius 2 is 1.83 bits per heavy atom. The zero-order valence-electron chi connectivity index (χ0n) is 23.0. The standard InChI is InChI=1S/C32H47NO3/c1-5-32(33,6-2)23-9-14-29(30(20-23)35-4)36-18-16-22-8-13-28-27-11-7-21-19-24(34)10-12-25(21)26(27)15-17-31(22,28)3/h9,14,19-20,22,25-28H,5-8,10-13,15-18,33H2,1-4H3/t22-,25?,26?,27?,28?,31?/m1/s1. The maximum absolute atomic E-state index is 12.0. The molecular formula is C32H47NO3. The minimum Gasteiger partial charge on any atom is -0.493 e. The van der Waals surface area contributed by atoms with Crippen LogP contribution in [0.5, 0.6) is 11.5 Å². The van der Waals surface area contributed by atoms with Crippen LogP contribution in [0.3, 0.4) is 0 Å². The molecule has 1 aromatic carbocycles. The Bertz CT molecular complexity index is 995. The van der Waals surface area contributed by atoms with Crippen molar-refractivity contribution in [1.29, 1.82) is 0 Å². The molecule has 5 rings (SSSR count). The molecule has 0 amide bonds. The molecule has 198 valence electrons. The maximum Gasteiger partial charge on any atom is 0.161 e. The first-order valence-corrected chi connectivity index (χ1v) is 14.7. The summed E-state index contributed by atoms with van der Waals surface area (Å²) in [5, 5.41) is 0. The van der Waals surface area contributed by atoms with Gasteiger partial charge in [-0.25, -0.2) is 0 Å². The lowest BCUT2D eigenvalue weighted by molar-refractivity contribution is -0.116. The molecule has 0 spiro atoms. The van der Waals surface area contributed by atoms with Crippen LogP contribution in [0.4, 0.5) is 0 Å². The van der Waals surface area contributed by atoms with Crippen LogP contribution in [-0.4, -0.2) is 19.5 Å². The monoisotopic (exact) mass is 493 g/mol. The molecule has 4 aliphatic carbocycles. The number of ether oxygens (including phenoxy) is 2. The summed E-state index contributed by atoms with van der Waals surface area (Å²) in [7, 11) is 1.72. The lowest BCUT2D eigenvalue weighted by Gasteiger charge is -2.54. The van der Waals surface area contributed by atoms with E-state index in [1.807, 2.05) is 12.1 Å². The first-order valence-electron chi connectivity index (χ1n) is 14.7. The Labute approximate surface area is 218 Å². The van der Waals surface area contributed by atoms with Crippen LogP contribution in [0.2, 0.25) is 0 Å². The van der Waals surface area contributed by atoms with Gasteiger partial charge in [-0.15, -0.1) is 0 Å². The highest BCUT2D eigenvalue weighted by Gasteiger charge is 2.55. The van der Waals surface area contributed by atoms with E-state index in [2.05, 4.69) is 32.9 Å². The van der Waals surface area contributed by atoms with Crippen molar-refractivity contribution in [2.45, 2.75) is 96.9 Å². The molecule has 1 aromatic rings. The molecule has 4 heteroatoms. The van der Waals surface area contributed by atoms with E-state index in [-0.39, 0.29) is 5.54 Å². The van der Waals surface area contributed by atoms with E-state index in [1.54, 1.807) is 7.11 Å². The number of carbonyl (C=O) groups excluding carboxylic acids is 1. The number of ketones is 1. The van der Waals surface area contributed by atoms with Gasteiger partial charge in [0.2, 0.25) is 0 Å². The molecule has 0 aromatic heterocycles. The van der Waals surface area contributed by atoms with E-state index in [1.165, 1.54) is 37.7 Å². The minimum absolute atomic E-state index is 0.319. The van der Waals surface area contributed by atoms with Gasteiger partial charge in [0.05, 0.1) is 13.7 Å².